The Bertz CT molecular complexity index is 112. The summed E-state index contributed by atoms with van der Waals surface area (Å²) in [7, 11) is 0. The number of H-pyrrole nitrogens is 1. The third kappa shape index (κ3) is 0.357. The summed E-state index contributed by atoms with van der Waals surface area (Å²) < 4.78 is 4.42. The molecular formula is C2H4N3O+. The number of hydrogen-bond donors (Lipinski definition) is 0. The molecule has 1 rings (SSSR count). The van der Waals surface area contributed by atoms with E-state index in [0.717, 1.165) is 0 Å². The van der Waals surface area contributed by atoms with Crippen LogP contribution in [0.5, 0.6) is 0 Å². The minimum absolute atomic E-state index is 0.620. The van der Waals surface area contributed by atoms with Crippen LogP contribution in [0.1, 0.15) is 5.89 Å². The fourth-order valence-corrected chi connectivity index (χ4v) is 0.193. The molecule has 1 N–H and O–H groups in total. The summed E-state index contributed by atoms with van der Waals surface area (Å²) in [6, 6.07) is 0. The third-order valence-corrected chi connectivity index (χ3v) is 0.426. The first-order valence-electron chi connectivity index (χ1n) is 1.56. The maximum atomic E-state index is 4.42. The van der Waals surface area contributed by atoms with Crippen molar-refractivity contribution in [1.82, 2.24) is 10.5 Å². The minimum atomic E-state index is 0.620. The average Bonchev–Trinajstić information content (AvgIpc) is 1.86. The Hall–Kier alpha value is -0.930. The molecule has 0 saturated carbocycles. The van der Waals surface area contributed by atoms with Crippen LogP contribution in [0, 0.1) is 6.92 Å². The average molecular weight is 86.1 g/mol. The molecule has 0 bridgehead atoms. The van der Waals surface area contributed by atoms with Gasteiger partial charge in [-0.1, -0.05) is 0 Å². The van der Waals surface area contributed by atoms with Gasteiger partial charge in [-0.3, -0.25) is 0 Å². The topological polar surface area (TPSA) is 53.1 Å². The number of aromatic amines is 1. The summed E-state index contributed by atoms with van der Waals surface area (Å²) in [5, 5.41) is 8.89. The van der Waals surface area contributed by atoms with Crippen molar-refractivity contribution in [2.45, 2.75) is 6.92 Å². The predicted molar refractivity (Wildman–Crippen MR) is 15.6 cm³/mol. The Labute approximate surface area is 34.1 Å². The summed E-state index contributed by atoms with van der Waals surface area (Å²) in [5.74, 6) is 0.620. The van der Waals surface area contributed by atoms with Gasteiger partial charge in [-0.2, -0.15) is 4.52 Å². The maximum Gasteiger partial charge on any atom is 0.333 e. The van der Waals surface area contributed by atoms with Crippen molar-refractivity contribution >= 4 is 0 Å². The van der Waals surface area contributed by atoms with E-state index in [2.05, 4.69) is 20.1 Å². The van der Waals surface area contributed by atoms with Gasteiger partial charge in [0.05, 0.1) is 0 Å². The zero-order chi connectivity index (χ0) is 4.41. The lowest BCUT2D eigenvalue weighted by Gasteiger charge is -1.52. The van der Waals surface area contributed by atoms with E-state index in [1.165, 1.54) is 0 Å². The van der Waals surface area contributed by atoms with E-state index in [1.807, 2.05) is 0 Å². The van der Waals surface area contributed by atoms with Gasteiger partial charge in [0.25, 0.3) is 5.27 Å². The third-order valence-electron chi connectivity index (χ3n) is 0.426. The van der Waals surface area contributed by atoms with Crippen molar-refractivity contribution in [3.05, 3.63) is 5.89 Å². The zero-order valence-electron chi connectivity index (χ0n) is 3.30. The van der Waals surface area contributed by atoms with Gasteiger partial charge in [0.2, 0.25) is 0 Å². The highest BCUT2D eigenvalue weighted by atomic mass is 16.5. The minimum Gasteiger partial charge on any atom is -0.196 e. The quantitative estimate of drug-likeness (QED) is 0.415. The Kier molecular flexibility index (Phi) is 0.567. The molecule has 4 heteroatoms. The van der Waals surface area contributed by atoms with Gasteiger partial charge in [-0.25, -0.2) is 0 Å². The fourth-order valence-electron chi connectivity index (χ4n) is 0.193. The van der Waals surface area contributed by atoms with Gasteiger partial charge in [0.1, 0.15) is 0 Å². The first-order chi connectivity index (χ1) is 2.89. The van der Waals surface area contributed by atoms with Gasteiger partial charge in [-0.15, -0.1) is 5.10 Å². The molecule has 0 saturated heterocycles. The van der Waals surface area contributed by atoms with E-state index in [4.69, 9.17) is 0 Å². The molecule has 1 aromatic rings. The van der Waals surface area contributed by atoms with Gasteiger partial charge in [0, 0.05) is 6.92 Å². The van der Waals surface area contributed by atoms with E-state index in [-0.39, 0.29) is 0 Å². The summed E-state index contributed by atoms with van der Waals surface area (Å²) in [6.45, 7) is 1.74. The van der Waals surface area contributed by atoms with Crippen molar-refractivity contribution in [1.29, 1.82) is 0 Å². The summed E-state index contributed by atoms with van der Waals surface area (Å²) in [4.78, 5) is 0. The molecule has 0 aromatic carbocycles. The second-order valence-electron chi connectivity index (χ2n) is 0.941. The summed E-state index contributed by atoms with van der Waals surface area (Å²) >= 11 is 0. The van der Waals surface area contributed by atoms with E-state index >= 15 is 0 Å². The van der Waals surface area contributed by atoms with Crippen molar-refractivity contribution in [3.63, 3.8) is 0 Å². The predicted octanol–water partition coefficient (Wildman–Crippen LogP) is -0.808. The van der Waals surface area contributed by atoms with Crippen LogP contribution in [0.25, 0.3) is 0 Å². The van der Waals surface area contributed by atoms with Crippen LogP contribution in [0.3, 0.4) is 0 Å². The number of aromatic nitrogens is 3. The standard InChI is InChI=1S/C2H3N3O/c1-2-3-4-5-6-2/h1H3/p+1. The Morgan fingerprint density at radius 2 is 2.67 bits per heavy atom. The van der Waals surface area contributed by atoms with Crippen molar-refractivity contribution in [3.8, 4) is 0 Å². The van der Waals surface area contributed by atoms with Crippen LogP contribution in [-0.4, -0.2) is 10.5 Å². The Morgan fingerprint density at radius 1 is 1.83 bits per heavy atom. The summed E-state index contributed by atoms with van der Waals surface area (Å²) in [5.41, 5.74) is 0. The molecule has 4 nitrogen and oxygen atoms in total. The molecule has 32 valence electrons. The molecule has 0 spiro atoms. The normalized spacial score (nSPS) is 8.83. The Morgan fingerprint density at radius 3 is 2.83 bits per heavy atom. The van der Waals surface area contributed by atoms with E-state index in [9.17, 15) is 0 Å². The fraction of sp³-hybridized carbons (Fsp3) is 0.500. The molecule has 1 aromatic heterocycles. The molecule has 0 atom stereocenters. The second kappa shape index (κ2) is 1.04. The first-order valence-corrected chi connectivity index (χ1v) is 1.56. The van der Waals surface area contributed by atoms with E-state index in [0.29, 0.717) is 5.89 Å². The number of aryl methyl sites for hydroxylation is 1. The van der Waals surface area contributed by atoms with Crippen LogP contribution in [0.2, 0.25) is 0 Å². The number of hydrogen-bond acceptors (Lipinski definition) is 3. The highest BCUT2D eigenvalue weighted by molar-refractivity contribution is 4.42. The first kappa shape index (κ1) is 3.27. The highest BCUT2D eigenvalue weighted by Crippen LogP contribution is 1.70. The molecule has 0 radical (unpaired) electrons. The second-order valence-corrected chi connectivity index (χ2v) is 0.941. The molecule has 0 unspecified atom stereocenters. The molecule has 0 aliphatic heterocycles. The Balaban J connectivity index is 3.05. The zero-order valence-corrected chi connectivity index (χ0v) is 3.30. The largest absolute Gasteiger partial charge is 0.333 e. The SMILES string of the molecule is Cc1[nH+]nno1. The molecule has 6 heavy (non-hydrogen) atoms. The molecule has 0 aliphatic rings. The van der Waals surface area contributed by atoms with Crippen LogP contribution < -0.4 is 5.10 Å². The van der Waals surface area contributed by atoms with Gasteiger partial charge in [-0.05, 0) is 0 Å². The van der Waals surface area contributed by atoms with Gasteiger partial charge >= 0.3 is 5.89 Å². The van der Waals surface area contributed by atoms with Crippen LogP contribution >= 0.6 is 0 Å². The van der Waals surface area contributed by atoms with E-state index < -0.39 is 0 Å². The van der Waals surface area contributed by atoms with Crippen molar-refractivity contribution in [2.24, 2.45) is 0 Å². The van der Waals surface area contributed by atoms with Crippen LogP contribution in [0.15, 0.2) is 4.52 Å². The van der Waals surface area contributed by atoms with Crippen LogP contribution in [-0.2, 0) is 0 Å². The molecule has 0 fully saturated rings. The van der Waals surface area contributed by atoms with Crippen molar-refractivity contribution < 1.29 is 9.62 Å². The smallest absolute Gasteiger partial charge is 0.196 e. The van der Waals surface area contributed by atoms with E-state index in [1.54, 1.807) is 6.92 Å². The molecule has 0 aliphatic carbocycles. The van der Waals surface area contributed by atoms with Gasteiger partial charge < -0.3 is 0 Å². The number of nitrogens with zero attached hydrogens (tertiary/aromatic N) is 2. The molecule has 1 heterocycles. The monoisotopic (exact) mass is 86.0 g/mol. The lowest BCUT2D eigenvalue weighted by molar-refractivity contribution is -0.467. The molecule has 0 amide bonds. The lowest BCUT2D eigenvalue weighted by atomic mass is 10.8. The molecular weight excluding hydrogens is 82.0 g/mol. The maximum absolute atomic E-state index is 4.42. The van der Waals surface area contributed by atoms with Crippen LogP contribution in [0.4, 0.5) is 0 Å². The summed E-state index contributed by atoms with van der Waals surface area (Å²) in [6.07, 6.45) is 0. The number of rotatable bonds is 0. The highest BCUT2D eigenvalue weighted by Gasteiger charge is 1.91. The van der Waals surface area contributed by atoms with Gasteiger partial charge in [0.15, 0.2) is 5.21 Å². The number of nitrogens with one attached hydrogen (secondary N) is 1. The van der Waals surface area contributed by atoms with Crippen molar-refractivity contribution in [2.75, 3.05) is 0 Å². The lowest BCUT2D eigenvalue weighted by Crippen LogP contribution is -2.03.